The maximum absolute atomic E-state index is 9.63. The number of hydrogen-bond donors (Lipinski definition) is 4. The number of hydrogen-bond acceptors (Lipinski definition) is 4. The Kier molecular flexibility index (Phi) is 8.93. The zero-order chi connectivity index (χ0) is 24.4. The minimum Gasteiger partial charge on any atom is -0.508 e. The predicted octanol–water partition coefficient (Wildman–Crippen LogP) is 6.82. The van der Waals surface area contributed by atoms with E-state index in [0.29, 0.717) is 23.0 Å². The van der Waals surface area contributed by atoms with Crippen LogP contribution in [0.1, 0.15) is 36.1 Å². The first kappa shape index (κ1) is 25.3. The minimum absolute atomic E-state index is 0.170. The Morgan fingerprint density at radius 2 is 0.818 bits per heavy atom. The molecule has 0 aliphatic rings. The van der Waals surface area contributed by atoms with Crippen molar-refractivity contribution in [2.24, 2.45) is 0 Å². The molecular formula is C29H32O4. The van der Waals surface area contributed by atoms with E-state index in [9.17, 15) is 10.2 Å². The van der Waals surface area contributed by atoms with Crippen LogP contribution < -0.4 is 0 Å². The van der Waals surface area contributed by atoms with Gasteiger partial charge in [-0.15, -0.1) is 0 Å². The fourth-order valence-electron chi connectivity index (χ4n) is 3.11. The summed E-state index contributed by atoms with van der Waals surface area (Å²) < 4.78 is 0. The van der Waals surface area contributed by atoms with Crippen LogP contribution in [0.5, 0.6) is 23.0 Å². The first-order chi connectivity index (χ1) is 15.6. The molecule has 4 aromatic carbocycles. The molecule has 0 heterocycles. The highest BCUT2D eigenvalue weighted by molar-refractivity contribution is 5.46. The molecule has 4 heteroatoms. The molecule has 0 amide bonds. The molecule has 4 rings (SSSR count). The van der Waals surface area contributed by atoms with Gasteiger partial charge in [-0.3, -0.25) is 0 Å². The molecule has 172 valence electrons. The van der Waals surface area contributed by atoms with Gasteiger partial charge in [0, 0.05) is 5.41 Å². The van der Waals surface area contributed by atoms with E-state index >= 15 is 0 Å². The molecule has 4 nitrogen and oxygen atoms in total. The number of para-hydroxylation sites is 2. The van der Waals surface area contributed by atoms with Crippen molar-refractivity contribution in [2.75, 3.05) is 0 Å². The highest BCUT2D eigenvalue weighted by Gasteiger charge is 2.24. The number of benzene rings is 4. The average molecular weight is 445 g/mol. The lowest BCUT2D eigenvalue weighted by molar-refractivity contribution is 0.469. The quantitative estimate of drug-likeness (QED) is 0.273. The van der Waals surface area contributed by atoms with Crippen LogP contribution in [-0.4, -0.2) is 20.4 Å². The van der Waals surface area contributed by atoms with E-state index < -0.39 is 0 Å². The molecule has 0 saturated carbocycles. The Balaban J connectivity index is 0.000000223. The average Bonchev–Trinajstić information content (AvgIpc) is 2.79. The van der Waals surface area contributed by atoms with Crippen LogP contribution in [0.3, 0.4) is 0 Å². The van der Waals surface area contributed by atoms with Gasteiger partial charge < -0.3 is 20.4 Å². The number of rotatable bonds is 2. The molecule has 4 aromatic rings. The third-order valence-electron chi connectivity index (χ3n) is 5.35. The summed E-state index contributed by atoms with van der Waals surface area (Å²) in [7, 11) is 0. The number of aryl methyl sites for hydroxylation is 2. The lowest BCUT2D eigenvalue weighted by atomic mass is 9.77. The molecule has 33 heavy (non-hydrogen) atoms. The normalized spacial score (nSPS) is 10.3. The monoisotopic (exact) mass is 444 g/mol. The van der Waals surface area contributed by atoms with Crippen LogP contribution in [0.2, 0.25) is 0 Å². The summed E-state index contributed by atoms with van der Waals surface area (Å²) in [6.07, 6.45) is 0. The van der Waals surface area contributed by atoms with Gasteiger partial charge in [-0.2, -0.15) is 0 Å². The van der Waals surface area contributed by atoms with E-state index in [4.69, 9.17) is 10.2 Å². The molecule has 0 aromatic heterocycles. The van der Waals surface area contributed by atoms with E-state index in [1.165, 1.54) is 0 Å². The van der Waals surface area contributed by atoms with Crippen molar-refractivity contribution in [2.45, 2.75) is 33.1 Å². The van der Waals surface area contributed by atoms with Crippen molar-refractivity contribution in [1.29, 1.82) is 0 Å². The lowest BCUT2D eigenvalue weighted by Gasteiger charge is -2.27. The molecule has 0 aliphatic heterocycles. The van der Waals surface area contributed by atoms with Crippen LogP contribution in [0, 0.1) is 13.8 Å². The molecule has 0 bridgehead atoms. The summed E-state index contributed by atoms with van der Waals surface area (Å²) in [6.45, 7) is 8.09. The summed E-state index contributed by atoms with van der Waals surface area (Å²) >= 11 is 0. The number of aromatic hydroxyl groups is 4. The summed E-state index contributed by atoms with van der Waals surface area (Å²) in [6, 6.07) is 28.8. The summed E-state index contributed by atoms with van der Waals surface area (Å²) in [5.74, 6) is 1.29. The standard InChI is InChI=1S/C17H20O2.2C6H6O/c1-11-9-13(5-7-15(11)18)17(3,4)14-6-8-16(19)12(2)10-14;2*7-6-4-2-1-3-5-6/h5-10,18-19H,1-4H3;2*1-5,7H. The van der Waals surface area contributed by atoms with E-state index in [2.05, 4.69) is 13.8 Å². The van der Waals surface area contributed by atoms with E-state index in [1.54, 1.807) is 60.7 Å². The van der Waals surface area contributed by atoms with Gasteiger partial charge in [0.2, 0.25) is 0 Å². The predicted molar refractivity (Wildman–Crippen MR) is 134 cm³/mol. The summed E-state index contributed by atoms with van der Waals surface area (Å²) in [4.78, 5) is 0. The Bertz CT molecular complexity index is 1050. The van der Waals surface area contributed by atoms with Gasteiger partial charge in [0.25, 0.3) is 0 Å². The Hall–Kier alpha value is -3.92. The molecule has 0 unspecified atom stereocenters. The maximum Gasteiger partial charge on any atom is 0.118 e. The second-order valence-corrected chi connectivity index (χ2v) is 8.30. The van der Waals surface area contributed by atoms with Crippen LogP contribution in [-0.2, 0) is 5.41 Å². The molecule has 0 atom stereocenters. The van der Waals surface area contributed by atoms with Crippen molar-refractivity contribution in [1.82, 2.24) is 0 Å². The van der Waals surface area contributed by atoms with Gasteiger partial charge in [0.05, 0.1) is 0 Å². The van der Waals surface area contributed by atoms with Crippen LogP contribution in [0.25, 0.3) is 0 Å². The fourth-order valence-corrected chi connectivity index (χ4v) is 3.11. The van der Waals surface area contributed by atoms with Gasteiger partial charge in [0.1, 0.15) is 23.0 Å². The lowest BCUT2D eigenvalue weighted by Crippen LogP contribution is -2.19. The molecule has 0 fully saturated rings. The largest absolute Gasteiger partial charge is 0.508 e. The van der Waals surface area contributed by atoms with Crippen LogP contribution in [0.4, 0.5) is 0 Å². The summed E-state index contributed by atoms with van der Waals surface area (Å²) in [5, 5.41) is 36.5. The van der Waals surface area contributed by atoms with Crippen molar-refractivity contribution in [3.63, 3.8) is 0 Å². The molecule has 0 aliphatic carbocycles. The fraction of sp³-hybridized carbons (Fsp3) is 0.172. The van der Waals surface area contributed by atoms with Crippen molar-refractivity contribution in [3.05, 3.63) is 119 Å². The number of phenols is 4. The maximum atomic E-state index is 9.63. The molecule has 4 N–H and O–H groups in total. The van der Waals surface area contributed by atoms with E-state index in [0.717, 1.165) is 22.3 Å². The first-order valence-electron chi connectivity index (χ1n) is 10.7. The molecule has 0 radical (unpaired) electrons. The molecular weight excluding hydrogens is 412 g/mol. The third-order valence-corrected chi connectivity index (χ3v) is 5.35. The first-order valence-corrected chi connectivity index (χ1v) is 10.7. The van der Waals surface area contributed by atoms with Crippen LogP contribution >= 0.6 is 0 Å². The van der Waals surface area contributed by atoms with Crippen LogP contribution in [0.15, 0.2) is 97.1 Å². The van der Waals surface area contributed by atoms with Crippen molar-refractivity contribution in [3.8, 4) is 23.0 Å². The SMILES string of the molecule is Cc1cc(C(C)(C)c2ccc(O)c(C)c2)ccc1O.Oc1ccccc1.Oc1ccccc1. The third kappa shape index (κ3) is 7.62. The van der Waals surface area contributed by atoms with Gasteiger partial charge >= 0.3 is 0 Å². The second kappa shape index (κ2) is 11.6. The smallest absolute Gasteiger partial charge is 0.118 e. The van der Waals surface area contributed by atoms with E-state index in [1.807, 2.05) is 50.2 Å². The highest BCUT2D eigenvalue weighted by Crippen LogP contribution is 2.35. The van der Waals surface area contributed by atoms with Crippen molar-refractivity contribution < 1.29 is 20.4 Å². The van der Waals surface area contributed by atoms with Gasteiger partial charge in [-0.05, 0) is 72.5 Å². The highest BCUT2D eigenvalue weighted by atomic mass is 16.3. The molecule has 0 spiro atoms. The van der Waals surface area contributed by atoms with Gasteiger partial charge in [-0.1, -0.05) is 74.5 Å². The molecule has 0 saturated heterocycles. The zero-order valence-electron chi connectivity index (χ0n) is 19.5. The second-order valence-electron chi connectivity index (χ2n) is 8.30. The van der Waals surface area contributed by atoms with E-state index in [-0.39, 0.29) is 5.41 Å². The van der Waals surface area contributed by atoms with Gasteiger partial charge in [-0.25, -0.2) is 0 Å². The Labute approximate surface area is 196 Å². The Morgan fingerprint density at radius 3 is 1.06 bits per heavy atom. The zero-order valence-corrected chi connectivity index (χ0v) is 19.5. The number of phenolic OH excluding ortho intramolecular Hbond substituents is 4. The summed E-state index contributed by atoms with van der Waals surface area (Å²) in [5.41, 5.74) is 3.87. The topological polar surface area (TPSA) is 80.9 Å². The minimum atomic E-state index is -0.170. The van der Waals surface area contributed by atoms with Crippen molar-refractivity contribution >= 4 is 0 Å². The Morgan fingerprint density at radius 1 is 0.485 bits per heavy atom. The van der Waals surface area contributed by atoms with Gasteiger partial charge in [0.15, 0.2) is 0 Å².